The number of aliphatic carboxylic acids is 1. The summed E-state index contributed by atoms with van der Waals surface area (Å²) in [7, 11) is 0. The maximum absolute atomic E-state index is 12.6. The van der Waals surface area contributed by atoms with Crippen LogP contribution in [0.4, 0.5) is 0 Å². The molecule has 1 aromatic rings. The molecule has 3 unspecified atom stereocenters. The summed E-state index contributed by atoms with van der Waals surface area (Å²) in [6.07, 6.45) is 4.77. The number of aromatic amines is 1. The van der Waals surface area contributed by atoms with Gasteiger partial charge < -0.3 is 31.4 Å². The van der Waals surface area contributed by atoms with Gasteiger partial charge in [-0.15, -0.1) is 0 Å². The zero-order chi connectivity index (χ0) is 21.4. The minimum Gasteiger partial charge on any atom is -0.480 e. The maximum atomic E-state index is 12.6. The molecule has 0 aliphatic carbocycles. The van der Waals surface area contributed by atoms with Gasteiger partial charge in [-0.3, -0.25) is 14.4 Å². The fourth-order valence-electron chi connectivity index (χ4n) is 3.03. The molecule has 3 amide bonds. The van der Waals surface area contributed by atoms with E-state index in [1.54, 1.807) is 20.0 Å². The second-order valence-corrected chi connectivity index (χ2v) is 7.34. The highest BCUT2D eigenvalue weighted by molar-refractivity contribution is 5.92. The number of nitrogens with one attached hydrogen (secondary N) is 5. The van der Waals surface area contributed by atoms with E-state index in [-0.39, 0.29) is 24.3 Å². The van der Waals surface area contributed by atoms with Crippen LogP contribution in [0.5, 0.6) is 0 Å². The molecule has 1 aliphatic heterocycles. The highest BCUT2D eigenvalue weighted by Crippen LogP contribution is 2.06. The largest absolute Gasteiger partial charge is 0.480 e. The van der Waals surface area contributed by atoms with Crippen LogP contribution < -0.4 is 21.3 Å². The summed E-state index contributed by atoms with van der Waals surface area (Å²) in [5, 5.41) is 19.8. The molecule has 160 valence electrons. The van der Waals surface area contributed by atoms with Gasteiger partial charge in [0.15, 0.2) is 0 Å². The molecular weight excluding hydrogens is 380 g/mol. The van der Waals surface area contributed by atoms with E-state index in [0.717, 1.165) is 13.0 Å². The molecule has 3 atom stereocenters. The molecule has 0 saturated carbocycles. The maximum Gasteiger partial charge on any atom is 0.326 e. The molecule has 0 aromatic carbocycles. The van der Waals surface area contributed by atoms with Crippen molar-refractivity contribution >= 4 is 23.7 Å². The highest BCUT2D eigenvalue weighted by Gasteiger charge is 2.28. The van der Waals surface area contributed by atoms with Gasteiger partial charge in [-0.05, 0) is 25.3 Å². The van der Waals surface area contributed by atoms with E-state index < -0.39 is 36.4 Å². The van der Waals surface area contributed by atoms with Crippen LogP contribution in [0.2, 0.25) is 0 Å². The van der Waals surface area contributed by atoms with E-state index in [9.17, 15) is 19.2 Å². The van der Waals surface area contributed by atoms with E-state index >= 15 is 0 Å². The number of nitrogens with zero attached hydrogens (tertiary/aromatic N) is 1. The van der Waals surface area contributed by atoms with E-state index in [2.05, 4.69) is 31.2 Å². The first-order valence-electron chi connectivity index (χ1n) is 9.58. The van der Waals surface area contributed by atoms with Crippen LogP contribution in [-0.4, -0.2) is 70.0 Å². The van der Waals surface area contributed by atoms with Crippen molar-refractivity contribution in [3.05, 3.63) is 18.2 Å². The van der Waals surface area contributed by atoms with Crippen LogP contribution in [0.25, 0.3) is 0 Å². The zero-order valence-electron chi connectivity index (χ0n) is 16.5. The number of carbonyl (C=O) groups excluding carboxylic acids is 3. The van der Waals surface area contributed by atoms with Crippen LogP contribution in [0.3, 0.4) is 0 Å². The van der Waals surface area contributed by atoms with Crippen molar-refractivity contribution < 1.29 is 24.3 Å². The number of hydrogen-bond acceptors (Lipinski definition) is 6. The number of carboxylic acid groups (broad SMARTS) is 1. The summed E-state index contributed by atoms with van der Waals surface area (Å²) in [4.78, 5) is 55.0. The van der Waals surface area contributed by atoms with Crippen molar-refractivity contribution in [2.24, 2.45) is 5.92 Å². The molecule has 0 radical (unpaired) electrons. The van der Waals surface area contributed by atoms with E-state index in [1.165, 1.54) is 6.33 Å². The van der Waals surface area contributed by atoms with Gasteiger partial charge >= 0.3 is 5.97 Å². The quantitative estimate of drug-likeness (QED) is 0.275. The van der Waals surface area contributed by atoms with Crippen LogP contribution in [0.1, 0.15) is 32.4 Å². The Bertz CT molecular complexity index is 714. The molecule has 1 saturated heterocycles. The number of imidazole rings is 1. The van der Waals surface area contributed by atoms with Gasteiger partial charge in [0.1, 0.15) is 12.1 Å². The molecule has 6 N–H and O–H groups in total. The summed E-state index contributed by atoms with van der Waals surface area (Å²) in [5.74, 6) is -2.90. The number of carboxylic acids is 1. The SMILES string of the molecule is CC(C)C(NC(=O)CNC(=O)C(Cc1cnc[nH]1)NC(=O)C1CCCN1)C(=O)O. The van der Waals surface area contributed by atoms with Crippen LogP contribution in [0.15, 0.2) is 12.5 Å². The third kappa shape index (κ3) is 6.86. The number of H-pyrrole nitrogens is 1. The van der Waals surface area contributed by atoms with E-state index in [1.807, 2.05) is 0 Å². The van der Waals surface area contributed by atoms with Gasteiger partial charge in [0.25, 0.3) is 0 Å². The second-order valence-electron chi connectivity index (χ2n) is 7.34. The van der Waals surface area contributed by atoms with Gasteiger partial charge in [-0.25, -0.2) is 9.78 Å². The standard InChI is InChI=1S/C18H28N6O5/c1-10(2)15(18(28)29)24-14(25)8-21-16(26)13(6-11-7-19-9-22-11)23-17(27)12-4-3-5-20-12/h7,9-10,12-13,15,20H,3-6,8H2,1-2H3,(H,19,22)(H,21,26)(H,23,27)(H,24,25)(H,28,29). The van der Waals surface area contributed by atoms with Gasteiger partial charge in [-0.1, -0.05) is 13.8 Å². The van der Waals surface area contributed by atoms with Gasteiger partial charge in [0, 0.05) is 18.3 Å². The summed E-state index contributed by atoms with van der Waals surface area (Å²) in [6.45, 7) is 3.69. The summed E-state index contributed by atoms with van der Waals surface area (Å²) in [5.41, 5.74) is 0.653. The minimum absolute atomic E-state index is 0.176. The van der Waals surface area contributed by atoms with Crippen molar-refractivity contribution in [3.8, 4) is 0 Å². The lowest BCUT2D eigenvalue weighted by Crippen LogP contribution is -2.54. The van der Waals surface area contributed by atoms with E-state index in [4.69, 9.17) is 5.11 Å². The molecular formula is C18H28N6O5. The first kappa shape index (κ1) is 22.3. The Morgan fingerprint density at radius 1 is 1.28 bits per heavy atom. The number of carbonyl (C=O) groups is 4. The Kier molecular flexibility index (Phi) is 8.13. The average Bonchev–Trinajstić information content (AvgIpc) is 3.36. The van der Waals surface area contributed by atoms with Crippen molar-refractivity contribution in [3.63, 3.8) is 0 Å². The minimum atomic E-state index is -1.15. The first-order chi connectivity index (χ1) is 13.8. The molecule has 1 aromatic heterocycles. The van der Waals surface area contributed by atoms with E-state index in [0.29, 0.717) is 12.1 Å². The Morgan fingerprint density at radius 2 is 2.03 bits per heavy atom. The van der Waals surface area contributed by atoms with Crippen molar-refractivity contribution in [1.82, 2.24) is 31.2 Å². The first-order valence-corrected chi connectivity index (χ1v) is 9.58. The second kappa shape index (κ2) is 10.6. The number of hydrogen-bond donors (Lipinski definition) is 6. The Hall–Kier alpha value is -2.95. The lowest BCUT2D eigenvalue weighted by Gasteiger charge is -2.21. The molecule has 11 nitrogen and oxygen atoms in total. The molecule has 2 rings (SSSR count). The Balaban J connectivity index is 1.94. The molecule has 11 heteroatoms. The number of rotatable bonds is 10. The molecule has 2 heterocycles. The normalized spacial score (nSPS) is 18.1. The Morgan fingerprint density at radius 3 is 2.59 bits per heavy atom. The summed E-state index contributed by atoms with van der Waals surface area (Å²) < 4.78 is 0. The topological polar surface area (TPSA) is 165 Å². The lowest BCUT2D eigenvalue weighted by atomic mass is 10.0. The Labute approximate surface area is 168 Å². The fourth-order valence-corrected chi connectivity index (χ4v) is 3.03. The van der Waals surface area contributed by atoms with Crippen molar-refractivity contribution in [2.75, 3.05) is 13.1 Å². The van der Waals surface area contributed by atoms with Crippen LogP contribution in [-0.2, 0) is 25.6 Å². The smallest absolute Gasteiger partial charge is 0.326 e. The predicted molar refractivity (Wildman–Crippen MR) is 103 cm³/mol. The van der Waals surface area contributed by atoms with Crippen LogP contribution in [0, 0.1) is 5.92 Å². The van der Waals surface area contributed by atoms with Gasteiger partial charge in [0.2, 0.25) is 17.7 Å². The fraction of sp³-hybridized carbons (Fsp3) is 0.611. The molecule has 1 aliphatic rings. The number of amides is 3. The number of aromatic nitrogens is 2. The zero-order valence-corrected chi connectivity index (χ0v) is 16.5. The summed E-state index contributed by atoms with van der Waals surface area (Å²) >= 11 is 0. The molecule has 0 spiro atoms. The highest BCUT2D eigenvalue weighted by atomic mass is 16.4. The van der Waals surface area contributed by atoms with Crippen molar-refractivity contribution in [1.29, 1.82) is 0 Å². The van der Waals surface area contributed by atoms with Crippen LogP contribution >= 0.6 is 0 Å². The average molecular weight is 408 g/mol. The predicted octanol–water partition coefficient (Wildman–Crippen LogP) is -1.47. The van der Waals surface area contributed by atoms with Crippen molar-refractivity contribution in [2.45, 2.75) is 51.2 Å². The third-order valence-corrected chi connectivity index (χ3v) is 4.66. The molecule has 0 bridgehead atoms. The van der Waals surface area contributed by atoms with Gasteiger partial charge in [0.05, 0.1) is 18.9 Å². The summed E-state index contributed by atoms with van der Waals surface area (Å²) in [6, 6.07) is -2.30. The van der Waals surface area contributed by atoms with Gasteiger partial charge in [-0.2, -0.15) is 0 Å². The third-order valence-electron chi connectivity index (χ3n) is 4.66. The monoisotopic (exact) mass is 408 g/mol. The molecule has 29 heavy (non-hydrogen) atoms. The molecule has 1 fully saturated rings. The lowest BCUT2D eigenvalue weighted by molar-refractivity contribution is -0.143.